The second-order valence-electron chi connectivity index (χ2n) is 5.24. The van der Waals surface area contributed by atoms with Gasteiger partial charge < -0.3 is 15.1 Å². The molecule has 2 N–H and O–H groups in total. The number of rotatable bonds is 2. The van der Waals surface area contributed by atoms with Crippen LogP contribution in [0, 0.1) is 0 Å². The Morgan fingerprint density at radius 3 is 2.67 bits per heavy atom. The molecular formula is C14H19N5O2. The molecule has 2 aliphatic rings. The molecule has 2 aliphatic heterocycles. The molecule has 2 amide bonds. The van der Waals surface area contributed by atoms with E-state index in [0.717, 1.165) is 18.9 Å². The van der Waals surface area contributed by atoms with E-state index in [1.54, 1.807) is 6.20 Å². The molecule has 1 aromatic rings. The van der Waals surface area contributed by atoms with Crippen LogP contribution in [0.5, 0.6) is 0 Å². The monoisotopic (exact) mass is 289 g/mol. The first-order chi connectivity index (χ1) is 10.2. The first kappa shape index (κ1) is 13.8. The van der Waals surface area contributed by atoms with Crippen LogP contribution in [-0.4, -0.2) is 67.0 Å². The average molecular weight is 289 g/mol. The molecule has 0 radical (unpaired) electrons. The van der Waals surface area contributed by atoms with Gasteiger partial charge in [0, 0.05) is 38.9 Å². The summed E-state index contributed by atoms with van der Waals surface area (Å²) in [6, 6.07) is 5.54. The van der Waals surface area contributed by atoms with Gasteiger partial charge in [0.05, 0.1) is 6.54 Å². The molecule has 7 nitrogen and oxygen atoms in total. The number of amides is 2. The lowest BCUT2D eigenvalue weighted by molar-refractivity contribution is -0.135. The molecule has 21 heavy (non-hydrogen) atoms. The normalized spacial score (nSPS) is 22.9. The van der Waals surface area contributed by atoms with E-state index in [2.05, 4.69) is 20.5 Å². The predicted octanol–water partition coefficient (Wildman–Crippen LogP) is -1.18. The highest BCUT2D eigenvalue weighted by Crippen LogP contribution is 2.13. The Balaban J connectivity index is 1.53. The van der Waals surface area contributed by atoms with Crippen molar-refractivity contribution in [3.63, 3.8) is 0 Å². The van der Waals surface area contributed by atoms with Crippen LogP contribution in [0.25, 0.3) is 0 Å². The Bertz CT molecular complexity index is 503. The van der Waals surface area contributed by atoms with Crippen molar-refractivity contribution < 1.29 is 9.59 Å². The average Bonchev–Trinajstić information content (AvgIpc) is 2.56. The van der Waals surface area contributed by atoms with E-state index in [9.17, 15) is 9.59 Å². The molecule has 0 spiro atoms. The third-order valence-corrected chi connectivity index (χ3v) is 3.88. The largest absolute Gasteiger partial charge is 0.353 e. The van der Waals surface area contributed by atoms with Gasteiger partial charge in [-0.3, -0.25) is 14.9 Å². The summed E-state index contributed by atoms with van der Waals surface area (Å²) in [5.74, 6) is 0.961. The number of nitrogens with one attached hydrogen (secondary N) is 2. The maximum atomic E-state index is 12.4. The first-order valence-corrected chi connectivity index (χ1v) is 7.19. The summed E-state index contributed by atoms with van der Waals surface area (Å²) in [5, 5.41) is 5.70. The topological polar surface area (TPSA) is 77.6 Å². The number of anilines is 1. The summed E-state index contributed by atoms with van der Waals surface area (Å²) in [5.41, 5.74) is 0. The summed E-state index contributed by atoms with van der Waals surface area (Å²) >= 11 is 0. The molecule has 2 fully saturated rings. The number of hydrogen-bond acceptors (Lipinski definition) is 5. The number of carbonyl (C=O) groups excluding carboxylic acids is 2. The van der Waals surface area contributed by atoms with Crippen LogP contribution in [0.1, 0.15) is 0 Å². The Kier molecular flexibility index (Phi) is 4.01. The fourth-order valence-corrected chi connectivity index (χ4v) is 2.66. The minimum atomic E-state index is -0.302. The van der Waals surface area contributed by atoms with E-state index < -0.39 is 0 Å². The highest BCUT2D eigenvalue weighted by molar-refractivity contribution is 5.87. The molecule has 1 unspecified atom stereocenters. The zero-order chi connectivity index (χ0) is 14.7. The molecule has 1 aromatic heterocycles. The lowest BCUT2D eigenvalue weighted by Crippen LogP contribution is -2.61. The molecule has 0 saturated carbocycles. The van der Waals surface area contributed by atoms with Gasteiger partial charge in [-0.2, -0.15) is 0 Å². The molecule has 112 valence electrons. The van der Waals surface area contributed by atoms with Gasteiger partial charge in [-0.05, 0) is 12.1 Å². The zero-order valence-corrected chi connectivity index (χ0v) is 11.8. The molecule has 0 aliphatic carbocycles. The third-order valence-electron chi connectivity index (χ3n) is 3.88. The van der Waals surface area contributed by atoms with Crippen LogP contribution < -0.4 is 15.5 Å². The maximum Gasteiger partial charge on any atom is 0.241 e. The molecule has 3 rings (SSSR count). The van der Waals surface area contributed by atoms with Crippen LogP contribution in [0.2, 0.25) is 0 Å². The van der Waals surface area contributed by atoms with Crippen molar-refractivity contribution >= 4 is 17.6 Å². The predicted molar refractivity (Wildman–Crippen MR) is 77.8 cm³/mol. The number of pyridine rings is 1. The lowest BCUT2D eigenvalue weighted by atomic mass is 10.2. The van der Waals surface area contributed by atoms with Crippen molar-refractivity contribution in [1.82, 2.24) is 20.5 Å². The summed E-state index contributed by atoms with van der Waals surface area (Å²) in [7, 11) is 0. The number of piperazine rings is 2. The van der Waals surface area contributed by atoms with E-state index in [4.69, 9.17) is 0 Å². The third kappa shape index (κ3) is 3.13. The summed E-state index contributed by atoms with van der Waals surface area (Å²) in [6.45, 7) is 3.51. The van der Waals surface area contributed by atoms with Gasteiger partial charge in [0.25, 0.3) is 0 Å². The van der Waals surface area contributed by atoms with E-state index in [1.165, 1.54) is 0 Å². The van der Waals surface area contributed by atoms with Crippen LogP contribution in [0.4, 0.5) is 5.82 Å². The van der Waals surface area contributed by atoms with Crippen LogP contribution in [0.15, 0.2) is 24.4 Å². The fraction of sp³-hybridized carbons (Fsp3) is 0.500. The van der Waals surface area contributed by atoms with Crippen molar-refractivity contribution in [2.45, 2.75) is 6.04 Å². The molecule has 7 heteroatoms. The SMILES string of the molecule is O=C1CNC(C(=O)N2CCN(c3ccccn3)CC2)CN1. The van der Waals surface area contributed by atoms with Gasteiger partial charge in [-0.1, -0.05) is 6.07 Å². The van der Waals surface area contributed by atoms with Crippen molar-refractivity contribution in [3.8, 4) is 0 Å². The maximum absolute atomic E-state index is 12.4. The Morgan fingerprint density at radius 1 is 1.24 bits per heavy atom. The van der Waals surface area contributed by atoms with E-state index in [0.29, 0.717) is 19.6 Å². The molecule has 2 saturated heterocycles. The number of aromatic nitrogens is 1. The van der Waals surface area contributed by atoms with Gasteiger partial charge in [-0.25, -0.2) is 4.98 Å². The molecule has 0 bridgehead atoms. The van der Waals surface area contributed by atoms with Gasteiger partial charge in [0.2, 0.25) is 11.8 Å². The second-order valence-corrected chi connectivity index (χ2v) is 5.24. The number of carbonyl (C=O) groups is 2. The van der Waals surface area contributed by atoms with E-state index >= 15 is 0 Å². The van der Waals surface area contributed by atoms with Crippen LogP contribution in [0.3, 0.4) is 0 Å². The van der Waals surface area contributed by atoms with E-state index in [-0.39, 0.29) is 24.4 Å². The molecule has 3 heterocycles. The summed E-state index contributed by atoms with van der Waals surface area (Å²) in [6.07, 6.45) is 1.78. The van der Waals surface area contributed by atoms with Gasteiger partial charge >= 0.3 is 0 Å². The number of nitrogens with zero attached hydrogens (tertiary/aromatic N) is 3. The highest BCUT2D eigenvalue weighted by atomic mass is 16.2. The first-order valence-electron chi connectivity index (χ1n) is 7.19. The molecule has 0 aromatic carbocycles. The van der Waals surface area contributed by atoms with Crippen molar-refractivity contribution in [3.05, 3.63) is 24.4 Å². The highest BCUT2D eigenvalue weighted by Gasteiger charge is 2.30. The standard InChI is InChI=1S/C14H19N5O2/c20-13-10-16-11(9-17-13)14(21)19-7-5-18(6-8-19)12-3-1-2-4-15-12/h1-4,11,16H,5-10H2,(H,17,20). The zero-order valence-electron chi connectivity index (χ0n) is 11.8. The Hall–Kier alpha value is -2.15. The minimum Gasteiger partial charge on any atom is -0.353 e. The van der Waals surface area contributed by atoms with Crippen molar-refractivity contribution in [2.75, 3.05) is 44.2 Å². The van der Waals surface area contributed by atoms with E-state index in [1.807, 2.05) is 23.1 Å². The van der Waals surface area contributed by atoms with Gasteiger partial charge in [0.1, 0.15) is 11.9 Å². The van der Waals surface area contributed by atoms with Crippen molar-refractivity contribution in [1.29, 1.82) is 0 Å². The lowest BCUT2D eigenvalue weighted by Gasteiger charge is -2.37. The Labute approximate surface area is 123 Å². The van der Waals surface area contributed by atoms with Crippen molar-refractivity contribution in [2.24, 2.45) is 0 Å². The van der Waals surface area contributed by atoms with Gasteiger partial charge in [-0.15, -0.1) is 0 Å². The Morgan fingerprint density at radius 2 is 2.05 bits per heavy atom. The summed E-state index contributed by atoms with van der Waals surface area (Å²) in [4.78, 5) is 31.8. The summed E-state index contributed by atoms with van der Waals surface area (Å²) < 4.78 is 0. The van der Waals surface area contributed by atoms with Gasteiger partial charge in [0.15, 0.2) is 0 Å². The minimum absolute atomic E-state index is 0.0565. The smallest absolute Gasteiger partial charge is 0.241 e. The number of hydrogen-bond donors (Lipinski definition) is 2. The van der Waals surface area contributed by atoms with Crippen LogP contribution in [-0.2, 0) is 9.59 Å². The van der Waals surface area contributed by atoms with Crippen LogP contribution >= 0.6 is 0 Å². The second kappa shape index (κ2) is 6.09. The molecule has 1 atom stereocenters. The fourth-order valence-electron chi connectivity index (χ4n) is 2.66. The quantitative estimate of drug-likeness (QED) is 0.716. The molecular weight excluding hydrogens is 270 g/mol.